The van der Waals surface area contributed by atoms with Gasteiger partial charge < -0.3 is 15.3 Å². The molecule has 0 saturated heterocycles. The molecule has 0 heterocycles. The summed E-state index contributed by atoms with van der Waals surface area (Å²) in [5.74, 6) is -0.731. The first-order valence-electron chi connectivity index (χ1n) is 7.80. The van der Waals surface area contributed by atoms with Crippen LogP contribution in [0.15, 0.2) is 72.0 Å². The summed E-state index contributed by atoms with van der Waals surface area (Å²) in [4.78, 5) is 12.4. The van der Waals surface area contributed by atoms with Crippen molar-refractivity contribution in [3.8, 4) is 0 Å². The molecule has 1 aliphatic rings. The molecular weight excluding hydrogens is 302 g/mol. The number of carbonyl (C=O) groups is 1. The summed E-state index contributed by atoms with van der Waals surface area (Å²) < 4.78 is 5.28. The summed E-state index contributed by atoms with van der Waals surface area (Å²) in [5, 5.41) is 18.7. The monoisotopic (exact) mass is 321 g/mol. The molecule has 0 spiro atoms. The van der Waals surface area contributed by atoms with Crippen molar-refractivity contribution in [2.24, 2.45) is 0 Å². The lowest BCUT2D eigenvalue weighted by Crippen LogP contribution is -2.30. The molecule has 24 heavy (non-hydrogen) atoms. The van der Waals surface area contributed by atoms with Crippen LogP contribution < -0.4 is 0 Å². The van der Waals surface area contributed by atoms with E-state index < -0.39 is 11.4 Å². The number of ether oxygens (including phenoxy) is 1. The fraction of sp³-hybridized carbons (Fsp3) is 0.200. The van der Waals surface area contributed by atoms with Gasteiger partial charge >= 0.3 is 5.97 Å². The van der Waals surface area contributed by atoms with Crippen molar-refractivity contribution < 1.29 is 14.6 Å². The van der Waals surface area contributed by atoms with E-state index in [9.17, 15) is 9.90 Å². The lowest BCUT2D eigenvalue weighted by atomic mass is 9.78. The second-order valence-electron chi connectivity index (χ2n) is 6.13. The van der Waals surface area contributed by atoms with Crippen molar-refractivity contribution >= 4 is 11.7 Å². The quantitative estimate of drug-likeness (QED) is 0.838. The van der Waals surface area contributed by atoms with Gasteiger partial charge in [0.15, 0.2) is 0 Å². The number of hydrogen-bond donors (Lipinski definition) is 2. The molecule has 1 atom stereocenters. The minimum absolute atomic E-state index is 0.0164. The topological polar surface area (TPSA) is 70.4 Å². The molecule has 2 aromatic carbocycles. The Balaban J connectivity index is 1.77. The third-order valence-electron chi connectivity index (χ3n) is 4.44. The highest BCUT2D eigenvalue weighted by molar-refractivity contribution is 6.24. The van der Waals surface area contributed by atoms with E-state index in [2.05, 4.69) is 0 Å². The van der Waals surface area contributed by atoms with Gasteiger partial charge in [-0.05, 0) is 18.1 Å². The predicted octanol–water partition coefficient (Wildman–Crippen LogP) is 3.92. The standard InChI is InChI=1S/C20H19NO3/c1-20(15-10-6-3-7-11-15)12-16(22)17(18(20)21)19(23)24-13-14-8-4-2-5-9-14/h2-11,21-22H,12-13H2,1H3/t20-/m0/s1. The molecule has 1 aliphatic carbocycles. The van der Waals surface area contributed by atoms with Crippen LogP contribution in [0.4, 0.5) is 0 Å². The number of aliphatic hydroxyl groups is 1. The van der Waals surface area contributed by atoms with Crippen LogP contribution in [0.25, 0.3) is 0 Å². The maximum Gasteiger partial charge on any atom is 0.343 e. The Hall–Kier alpha value is -2.88. The highest BCUT2D eigenvalue weighted by atomic mass is 16.5. The normalized spacial score (nSPS) is 20.3. The second-order valence-corrected chi connectivity index (χ2v) is 6.13. The van der Waals surface area contributed by atoms with E-state index in [4.69, 9.17) is 10.1 Å². The highest BCUT2D eigenvalue weighted by Gasteiger charge is 2.45. The van der Waals surface area contributed by atoms with Gasteiger partial charge in [0.2, 0.25) is 0 Å². The largest absolute Gasteiger partial charge is 0.511 e. The summed E-state index contributed by atoms with van der Waals surface area (Å²) in [6.45, 7) is 1.98. The number of rotatable bonds is 4. The van der Waals surface area contributed by atoms with E-state index in [1.165, 1.54) is 0 Å². The van der Waals surface area contributed by atoms with Crippen LogP contribution in [0.2, 0.25) is 0 Å². The number of nitrogens with one attached hydrogen (secondary N) is 1. The van der Waals surface area contributed by atoms with Crippen molar-refractivity contribution in [3.63, 3.8) is 0 Å². The molecule has 0 aliphatic heterocycles. The molecule has 4 heteroatoms. The first-order valence-corrected chi connectivity index (χ1v) is 7.80. The predicted molar refractivity (Wildman–Crippen MR) is 92.0 cm³/mol. The first-order chi connectivity index (χ1) is 11.5. The number of aliphatic hydroxyl groups excluding tert-OH is 1. The molecule has 0 unspecified atom stereocenters. The zero-order valence-electron chi connectivity index (χ0n) is 13.5. The number of carbonyl (C=O) groups excluding carboxylic acids is 1. The van der Waals surface area contributed by atoms with Crippen LogP contribution in [-0.4, -0.2) is 16.8 Å². The number of benzene rings is 2. The van der Waals surface area contributed by atoms with Crippen LogP contribution in [0.3, 0.4) is 0 Å². The lowest BCUT2D eigenvalue weighted by Gasteiger charge is -2.25. The number of allylic oxidation sites excluding steroid dienone is 1. The minimum Gasteiger partial charge on any atom is -0.511 e. The summed E-state index contributed by atoms with van der Waals surface area (Å²) >= 11 is 0. The van der Waals surface area contributed by atoms with Gasteiger partial charge in [0.05, 0.1) is 5.71 Å². The van der Waals surface area contributed by atoms with Gasteiger partial charge in [-0.1, -0.05) is 60.7 Å². The molecule has 4 nitrogen and oxygen atoms in total. The molecule has 2 aromatic rings. The zero-order chi connectivity index (χ0) is 17.2. The SMILES string of the molecule is C[C@@]1(c2ccccc2)CC(O)=C(C(=O)OCc2ccccc2)C1=N. The number of hydrogen-bond acceptors (Lipinski definition) is 4. The molecule has 2 N–H and O–H groups in total. The zero-order valence-corrected chi connectivity index (χ0v) is 13.5. The summed E-state index contributed by atoms with van der Waals surface area (Å²) in [5.41, 5.74) is 1.13. The average molecular weight is 321 g/mol. The van der Waals surface area contributed by atoms with Crippen molar-refractivity contribution in [1.29, 1.82) is 5.41 Å². The van der Waals surface area contributed by atoms with Gasteiger partial charge in [-0.3, -0.25) is 0 Å². The molecule has 0 fully saturated rings. The van der Waals surface area contributed by atoms with Gasteiger partial charge in [-0.15, -0.1) is 0 Å². The maximum atomic E-state index is 12.4. The van der Waals surface area contributed by atoms with Crippen molar-refractivity contribution in [3.05, 3.63) is 83.1 Å². The molecule has 0 radical (unpaired) electrons. The van der Waals surface area contributed by atoms with E-state index in [0.29, 0.717) is 0 Å². The summed E-state index contributed by atoms with van der Waals surface area (Å²) in [6, 6.07) is 18.8. The molecule has 0 aromatic heterocycles. The Morgan fingerprint density at radius 1 is 1.12 bits per heavy atom. The Kier molecular flexibility index (Phi) is 4.21. The highest BCUT2D eigenvalue weighted by Crippen LogP contribution is 2.41. The Labute approximate surface area is 140 Å². The van der Waals surface area contributed by atoms with Crippen molar-refractivity contribution in [2.45, 2.75) is 25.4 Å². The van der Waals surface area contributed by atoms with Crippen LogP contribution in [0, 0.1) is 5.41 Å². The first kappa shape index (κ1) is 16.0. The average Bonchev–Trinajstić information content (AvgIpc) is 2.84. The van der Waals surface area contributed by atoms with Gasteiger partial charge in [-0.25, -0.2) is 4.79 Å². The molecule has 0 bridgehead atoms. The summed E-state index contributed by atoms with van der Waals surface area (Å²) in [7, 11) is 0. The fourth-order valence-electron chi connectivity index (χ4n) is 3.00. The van der Waals surface area contributed by atoms with Gasteiger partial charge in [0.1, 0.15) is 17.9 Å². The van der Waals surface area contributed by atoms with Gasteiger partial charge in [0.25, 0.3) is 0 Å². The Morgan fingerprint density at radius 3 is 2.33 bits per heavy atom. The van der Waals surface area contributed by atoms with E-state index in [1.807, 2.05) is 67.6 Å². The Bertz CT molecular complexity index is 796. The van der Waals surface area contributed by atoms with E-state index in [-0.39, 0.29) is 30.1 Å². The van der Waals surface area contributed by atoms with Gasteiger partial charge in [0, 0.05) is 11.8 Å². The molecule has 3 rings (SSSR count). The molecule has 122 valence electrons. The van der Waals surface area contributed by atoms with E-state index in [1.54, 1.807) is 0 Å². The molecule has 0 amide bonds. The van der Waals surface area contributed by atoms with Crippen LogP contribution >= 0.6 is 0 Å². The second kappa shape index (κ2) is 6.32. The van der Waals surface area contributed by atoms with Crippen molar-refractivity contribution in [2.75, 3.05) is 0 Å². The van der Waals surface area contributed by atoms with Crippen LogP contribution in [-0.2, 0) is 21.6 Å². The third kappa shape index (κ3) is 2.83. The maximum absolute atomic E-state index is 12.4. The smallest absolute Gasteiger partial charge is 0.343 e. The van der Waals surface area contributed by atoms with Crippen LogP contribution in [0.5, 0.6) is 0 Å². The molecule has 0 saturated carbocycles. The van der Waals surface area contributed by atoms with E-state index >= 15 is 0 Å². The van der Waals surface area contributed by atoms with Crippen molar-refractivity contribution in [1.82, 2.24) is 0 Å². The number of esters is 1. The fourth-order valence-corrected chi connectivity index (χ4v) is 3.00. The third-order valence-corrected chi connectivity index (χ3v) is 4.44. The summed E-state index contributed by atoms with van der Waals surface area (Å²) in [6.07, 6.45) is 0.228. The Morgan fingerprint density at radius 2 is 1.71 bits per heavy atom. The van der Waals surface area contributed by atoms with Crippen LogP contribution in [0.1, 0.15) is 24.5 Å². The minimum atomic E-state index is -0.716. The van der Waals surface area contributed by atoms with E-state index in [0.717, 1.165) is 11.1 Å². The lowest BCUT2D eigenvalue weighted by molar-refractivity contribution is -0.139. The molecular formula is C20H19NO3. The van der Waals surface area contributed by atoms with Gasteiger partial charge in [-0.2, -0.15) is 0 Å².